The standard InChI is InChI=1S/C6H5.C3H7.2ClH.Sn/c1-2-4-6-5-3-1;1-3-2;;;/h1-5H;3H,1-2H3;2*1H;/q;;;;+2/p-2. The number of benzene rings is 1. The van der Waals surface area contributed by atoms with E-state index in [4.69, 9.17) is 17.8 Å². The van der Waals surface area contributed by atoms with Crippen molar-refractivity contribution in [1.82, 2.24) is 0 Å². The molecule has 0 aliphatic heterocycles. The molecule has 0 unspecified atom stereocenters. The van der Waals surface area contributed by atoms with Gasteiger partial charge in [-0.05, 0) is 0 Å². The van der Waals surface area contributed by atoms with Crippen LogP contribution in [0.3, 0.4) is 0 Å². The molecule has 0 amide bonds. The van der Waals surface area contributed by atoms with E-state index in [1.165, 1.54) is 3.58 Å². The van der Waals surface area contributed by atoms with Crippen LogP contribution in [0, 0.1) is 0 Å². The zero-order chi connectivity index (χ0) is 9.19. The molecule has 1 aromatic carbocycles. The first-order valence-corrected chi connectivity index (χ1v) is 14.3. The van der Waals surface area contributed by atoms with Crippen LogP contribution in [0.2, 0.25) is 3.93 Å². The fourth-order valence-electron chi connectivity index (χ4n) is 0.994. The maximum atomic E-state index is 6.37. The zero-order valence-corrected chi connectivity index (χ0v) is 11.6. The molecular weight excluding hydrogens is 298 g/mol. The molecule has 3 heteroatoms. The zero-order valence-electron chi connectivity index (χ0n) is 7.22. The van der Waals surface area contributed by atoms with Crippen LogP contribution in [-0.4, -0.2) is 16.1 Å². The summed E-state index contributed by atoms with van der Waals surface area (Å²) in [6.45, 7) is 4.20. The molecule has 1 rings (SSSR count). The van der Waals surface area contributed by atoms with Gasteiger partial charge in [0.15, 0.2) is 0 Å². The van der Waals surface area contributed by atoms with Crippen molar-refractivity contribution in [2.24, 2.45) is 0 Å². The van der Waals surface area contributed by atoms with Crippen LogP contribution in [0.4, 0.5) is 0 Å². The van der Waals surface area contributed by atoms with Gasteiger partial charge in [-0.1, -0.05) is 0 Å². The van der Waals surface area contributed by atoms with Crippen LogP contribution in [-0.2, 0) is 0 Å². The van der Waals surface area contributed by atoms with E-state index < -0.39 is 16.1 Å². The monoisotopic (exact) mass is 310 g/mol. The second kappa shape index (κ2) is 4.21. The van der Waals surface area contributed by atoms with Gasteiger partial charge in [-0.15, -0.1) is 0 Å². The third-order valence-electron chi connectivity index (χ3n) is 1.88. The molecule has 0 nitrogen and oxygen atoms in total. The van der Waals surface area contributed by atoms with Crippen molar-refractivity contribution >= 4 is 37.5 Å². The Bertz CT molecular complexity index is 244. The van der Waals surface area contributed by atoms with Crippen LogP contribution in [0.15, 0.2) is 30.3 Å². The molecule has 66 valence electrons. The molecule has 0 spiro atoms. The number of halogens is 2. The van der Waals surface area contributed by atoms with Crippen molar-refractivity contribution in [2.75, 3.05) is 0 Å². The summed E-state index contributed by atoms with van der Waals surface area (Å²) in [5.74, 6) is 0. The summed E-state index contributed by atoms with van der Waals surface area (Å²) in [7, 11) is 12.7. The van der Waals surface area contributed by atoms with Crippen LogP contribution in [0.25, 0.3) is 0 Å². The average molecular weight is 310 g/mol. The Hall–Kier alpha value is 0.599. The Morgan fingerprint density at radius 3 is 2.00 bits per heavy atom. The quantitative estimate of drug-likeness (QED) is 0.736. The third kappa shape index (κ3) is 2.30. The Labute approximate surface area is 85.2 Å². The third-order valence-corrected chi connectivity index (χ3v) is 18.0. The Balaban J connectivity index is 2.98. The van der Waals surface area contributed by atoms with E-state index in [0.717, 1.165) is 0 Å². The number of hydrogen-bond donors (Lipinski definition) is 0. The van der Waals surface area contributed by atoms with E-state index in [1.54, 1.807) is 0 Å². The maximum absolute atomic E-state index is 6.37. The molecule has 0 bridgehead atoms. The van der Waals surface area contributed by atoms with Gasteiger partial charge >= 0.3 is 85.7 Å². The first-order chi connectivity index (χ1) is 5.55. The SMILES string of the molecule is C[CH](C)[Sn]([Cl])([Cl])[c]1ccccc1. The van der Waals surface area contributed by atoms with Crippen molar-refractivity contribution in [3.63, 3.8) is 0 Å². The predicted molar refractivity (Wildman–Crippen MR) is 58.6 cm³/mol. The summed E-state index contributed by atoms with van der Waals surface area (Å²) < 4.78 is 1.59. The molecule has 0 aliphatic carbocycles. The van der Waals surface area contributed by atoms with Crippen molar-refractivity contribution in [2.45, 2.75) is 17.8 Å². The summed E-state index contributed by atoms with van der Waals surface area (Å²) in [5, 5.41) is 0. The Kier molecular flexibility index (Phi) is 3.74. The molecule has 0 saturated carbocycles. The van der Waals surface area contributed by atoms with Crippen molar-refractivity contribution in [3.05, 3.63) is 30.3 Å². The number of hydrogen-bond acceptors (Lipinski definition) is 0. The average Bonchev–Trinajstić information content (AvgIpc) is 2.06. The molecule has 0 fully saturated rings. The minimum absolute atomic E-state index is 0.421. The normalized spacial score (nSPS) is 12.1. The predicted octanol–water partition coefficient (Wildman–Crippen LogP) is 3.22. The second-order valence-electron chi connectivity index (χ2n) is 3.14. The molecule has 12 heavy (non-hydrogen) atoms. The van der Waals surface area contributed by atoms with Crippen LogP contribution in [0.1, 0.15) is 13.8 Å². The van der Waals surface area contributed by atoms with Crippen LogP contribution < -0.4 is 3.58 Å². The van der Waals surface area contributed by atoms with Crippen molar-refractivity contribution < 1.29 is 0 Å². The summed E-state index contributed by atoms with van der Waals surface area (Å²) in [6.07, 6.45) is 0. The molecule has 0 heterocycles. The van der Waals surface area contributed by atoms with Gasteiger partial charge in [0.25, 0.3) is 0 Å². The van der Waals surface area contributed by atoms with E-state index in [-0.39, 0.29) is 0 Å². The number of rotatable bonds is 2. The van der Waals surface area contributed by atoms with E-state index in [1.807, 2.05) is 30.3 Å². The van der Waals surface area contributed by atoms with Gasteiger partial charge in [0.1, 0.15) is 0 Å². The summed E-state index contributed by atoms with van der Waals surface area (Å²) in [5.41, 5.74) is 0. The van der Waals surface area contributed by atoms with Gasteiger partial charge in [0, 0.05) is 0 Å². The van der Waals surface area contributed by atoms with Crippen molar-refractivity contribution in [1.29, 1.82) is 0 Å². The van der Waals surface area contributed by atoms with Gasteiger partial charge in [0.2, 0.25) is 0 Å². The molecule has 0 atom stereocenters. The fraction of sp³-hybridized carbons (Fsp3) is 0.333. The summed E-state index contributed by atoms with van der Waals surface area (Å²) >= 11 is -2.95. The summed E-state index contributed by atoms with van der Waals surface area (Å²) in [6, 6.07) is 10.0. The minimum atomic E-state index is -2.95. The Morgan fingerprint density at radius 2 is 1.58 bits per heavy atom. The van der Waals surface area contributed by atoms with Gasteiger partial charge in [-0.25, -0.2) is 0 Å². The fourth-order valence-corrected chi connectivity index (χ4v) is 6.40. The summed E-state index contributed by atoms with van der Waals surface area (Å²) in [4.78, 5) is 0. The van der Waals surface area contributed by atoms with Gasteiger partial charge < -0.3 is 0 Å². The molecular formula is C9H12Cl2Sn. The first-order valence-electron chi connectivity index (χ1n) is 3.98. The van der Waals surface area contributed by atoms with E-state index in [9.17, 15) is 0 Å². The van der Waals surface area contributed by atoms with Gasteiger partial charge in [-0.2, -0.15) is 0 Å². The van der Waals surface area contributed by atoms with E-state index >= 15 is 0 Å². The van der Waals surface area contributed by atoms with E-state index in [2.05, 4.69) is 13.8 Å². The van der Waals surface area contributed by atoms with Gasteiger partial charge in [0.05, 0.1) is 0 Å². The molecule has 0 saturated heterocycles. The first kappa shape index (κ1) is 10.7. The van der Waals surface area contributed by atoms with E-state index in [0.29, 0.717) is 3.93 Å². The Morgan fingerprint density at radius 1 is 1.08 bits per heavy atom. The molecule has 1 aromatic rings. The van der Waals surface area contributed by atoms with Gasteiger partial charge in [-0.3, -0.25) is 0 Å². The van der Waals surface area contributed by atoms with Crippen LogP contribution >= 0.6 is 17.8 Å². The molecule has 0 aromatic heterocycles. The topological polar surface area (TPSA) is 0 Å². The van der Waals surface area contributed by atoms with Crippen LogP contribution in [0.5, 0.6) is 0 Å². The second-order valence-corrected chi connectivity index (χ2v) is 20.9. The molecule has 0 N–H and O–H groups in total. The molecule has 0 radical (unpaired) electrons. The molecule has 0 aliphatic rings. The van der Waals surface area contributed by atoms with Crippen molar-refractivity contribution in [3.8, 4) is 0 Å².